The highest BCUT2D eigenvalue weighted by Gasteiger charge is 2.10. The number of carbonyl (C=O) groups excluding carboxylic acids is 2. The number of halogens is 1. The Morgan fingerprint density at radius 1 is 0.969 bits per heavy atom. The minimum absolute atomic E-state index is 0.212. The van der Waals surface area contributed by atoms with Gasteiger partial charge in [-0.05, 0) is 70.9 Å². The topological polar surface area (TPSA) is 110 Å². The molecule has 4 N–H and O–H groups in total. The van der Waals surface area contributed by atoms with Crippen LogP contribution in [0.2, 0.25) is 0 Å². The fraction of sp³-hybridized carbons (Fsp3) is 0.0833. The van der Waals surface area contributed by atoms with Crippen LogP contribution in [0.5, 0.6) is 0 Å². The number of amides is 2. The standard InChI is InChI=1S/C24H20BrN5O2/c1-14-8-21(26)20-10-16(4-7-22(20)29-14)24(32)30-19-5-2-15(3-6-19)11-28-23(31)17-9-18(25)13-27-12-17/h2-10,12-13H,11H2,1H3,(H2,26,29)(H,28,31)(H,30,32). The van der Waals surface area contributed by atoms with E-state index in [2.05, 4.69) is 36.5 Å². The fourth-order valence-electron chi connectivity index (χ4n) is 3.26. The van der Waals surface area contributed by atoms with Crippen molar-refractivity contribution in [2.75, 3.05) is 11.1 Å². The summed E-state index contributed by atoms with van der Waals surface area (Å²) in [6, 6.07) is 16.0. The Hall–Kier alpha value is -3.78. The van der Waals surface area contributed by atoms with Crippen molar-refractivity contribution >= 4 is 50.0 Å². The molecule has 8 heteroatoms. The third-order valence-corrected chi connectivity index (χ3v) is 5.30. The van der Waals surface area contributed by atoms with E-state index >= 15 is 0 Å². The molecule has 7 nitrogen and oxygen atoms in total. The predicted molar refractivity (Wildman–Crippen MR) is 128 cm³/mol. The smallest absolute Gasteiger partial charge is 0.255 e. The van der Waals surface area contributed by atoms with Crippen LogP contribution < -0.4 is 16.4 Å². The summed E-state index contributed by atoms with van der Waals surface area (Å²) in [5.74, 6) is -0.452. The van der Waals surface area contributed by atoms with Gasteiger partial charge >= 0.3 is 0 Å². The van der Waals surface area contributed by atoms with Gasteiger partial charge < -0.3 is 16.4 Å². The Morgan fingerprint density at radius 3 is 2.50 bits per heavy atom. The van der Waals surface area contributed by atoms with Gasteiger partial charge in [0.25, 0.3) is 11.8 Å². The maximum Gasteiger partial charge on any atom is 0.255 e. The number of benzene rings is 2. The van der Waals surface area contributed by atoms with Gasteiger partial charge in [-0.2, -0.15) is 0 Å². The van der Waals surface area contributed by atoms with Crippen LogP contribution in [-0.4, -0.2) is 21.8 Å². The molecule has 4 aromatic rings. The molecule has 4 rings (SSSR count). The highest BCUT2D eigenvalue weighted by Crippen LogP contribution is 2.22. The Labute approximate surface area is 193 Å². The largest absolute Gasteiger partial charge is 0.398 e. The van der Waals surface area contributed by atoms with Crippen LogP contribution >= 0.6 is 15.9 Å². The minimum Gasteiger partial charge on any atom is -0.398 e. The van der Waals surface area contributed by atoms with Crippen LogP contribution in [-0.2, 0) is 6.54 Å². The number of nitrogens with two attached hydrogens (primary N) is 1. The first-order valence-corrected chi connectivity index (χ1v) is 10.6. The molecule has 2 aromatic heterocycles. The summed E-state index contributed by atoms with van der Waals surface area (Å²) in [5.41, 5.74) is 10.8. The maximum atomic E-state index is 12.7. The molecule has 0 saturated carbocycles. The molecule has 2 amide bonds. The van der Waals surface area contributed by atoms with Crippen molar-refractivity contribution in [3.8, 4) is 0 Å². The Bertz CT molecular complexity index is 1320. The second kappa shape index (κ2) is 9.15. The molecule has 0 fully saturated rings. The number of aryl methyl sites for hydroxylation is 1. The summed E-state index contributed by atoms with van der Waals surface area (Å²) < 4.78 is 0.741. The molecular weight excluding hydrogens is 470 g/mol. The Kier molecular flexibility index (Phi) is 6.13. The fourth-order valence-corrected chi connectivity index (χ4v) is 3.63. The van der Waals surface area contributed by atoms with Gasteiger partial charge in [-0.1, -0.05) is 12.1 Å². The van der Waals surface area contributed by atoms with Gasteiger partial charge in [-0.25, -0.2) is 0 Å². The number of hydrogen-bond acceptors (Lipinski definition) is 5. The SMILES string of the molecule is Cc1cc(N)c2cc(C(=O)Nc3ccc(CNC(=O)c4cncc(Br)c4)cc3)ccc2n1. The summed E-state index contributed by atoms with van der Waals surface area (Å²) in [6.07, 6.45) is 3.13. The molecule has 0 spiro atoms. The van der Waals surface area contributed by atoms with E-state index in [0.717, 1.165) is 26.6 Å². The van der Waals surface area contributed by atoms with Gasteiger partial charge in [0, 0.05) is 51.4 Å². The highest BCUT2D eigenvalue weighted by molar-refractivity contribution is 9.10. The molecule has 160 valence electrons. The number of nitrogens with zero attached hydrogens (tertiary/aromatic N) is 2. The van der Waals surface area contributed by atoms with Crippen molar-refractivity contribution in [2.45, 2.75) is 13.5 Å². The van der Waals surface area contributed by atoms with E-state index in [1.807, 2.05) is 19.1 Å². The zero-order valence-corrected chi connectivity index (χ0v) is 18.8. The molecule has 32 heavy (non-hydrogen) atoms. The van der Waals surface area contributed by atoms with E-state index < -0.39 is 0 Å². The Morgan fingerprint density at radius 2 is 1.75 bits per heavy atom. The molecule has 0 saturated heterocycles. The van der Waals surface area contributed by atoms with E-state index in [9.17, 15) is 9.59 Å². The van der Waals surface area contributed by atoms with Crippen LogP contribution in [0.3, 0.4) is 0 Å². The number of anilines is 2. The summed E-state index contributed by atoms with van der Waals surface area (Å²) >= 11 is 3.30. The third kappa shape index (κ3) is 4.92. The minimum atomic E-state index is -0.241. The van der Waals surface area contributed by atoms with Crippen molar-refractivity contribution in [3.63, 3.8) is 0 Å². The normalized spacial score (nSPS) is 10.7. The van der Waals surface area contributed by atoms with Crippen molar-refractivity contribution in [2.24, 2.45) is 0 Å². The summed E-state index contributed by atoms with van der Waals surface area (Å²) in [6.45, 7) is 2.24. The first kappa shape index (κ1) is 21.5. The second-order valence-corrected chi connectivity index (χ2v) is 8.23. The monoisotopic (exact) mass is 489 g/mol. The molecule has 0 aliphatic rings. The molecule has 0 bridgehead atoms. The van der Waals surface area contributed by atoms with Crippen LogP contribution in [0.25, 0.3) is 10.9 Å². The average molecular weight is 490 g/mol. The van der Waals surface area contributed by atoms with E-state index in [0.29, 0.717) is 29.0 Å². The quantitative estimate of drug-likeness (QED) is 0.383. The molecule has 0 atom stereocenters. The summed E-state index contributed by atoms with van der Waals surface area (Å²) in [4.78, 5) is 33.3. The van der Waals surface area contributed by atoms with E-state index in [1.165, 1.54) is 6.20 Å². The number of aromatic nitrogens is 2. The molecule has 0 unspecified atom stereocenters. The van der Waals surface area contributed by atoms with Crippen molar-refractivity contribution in [3.05, 3.63) is 93.8 Å². The number of nitrogen functional groups attached to an aromatic ring is 1. The van der Waals surface area contributed by atoms with Crippen LogP contribution in [0.1, 0.15) is 32.0 Å². The molecule has 0 aliphatic heterocycles. The van der Waals surface area contributed by atoms with E-state index in [4.69, 9.17) is 5.73 Å². The lowest BCUT2D eigenvalue weighted by Crippen LogP contribution is -2.22. The number of nitrogens with one attached hydrogen (secondary N) is 2. The zero-order valence-electron chi connectivity index (χ0n) is 17.2. The van der Waals surface area contributed by atoms with Gasteiger partial charge in [-0.3, -0.25) is 19.6 Å². The third-order valence-electron chi connectivity index (χ3n) is 4.86. The van der Waals surface area contributed by atoms with Crippen LogP contribution in [0, 0.1) is 6.92 Å². The second-order valence-electron chi connectivity index (χ2n) is 7.31. The zero-order chi connectivity index (χ0) is 22.7. The first-order chi connectivity index (χ1) is 15.4. The molecule has 0 aliphatic carbocycles. The summed E-state index contributed by atoms with van der Waals surface area (Å²) in [5, 5.41) is 6.47. The molecule has 2 aromatic carbocycles. The van der Waals surface area contributed by atoms with Gasteiger partial charge in [0.2, 0.25) is 0 Å². The number of carbonyl (C=O) groups is 2. The number of rotatable bonds is 5. The van der Waals surface area contributed by atoms with E-state index in [1.54, 1.807) is 48.7 Å². The van der Waals surface area contributed by atoms with E-state index in [-0.39, 0.29) is 11.8 Å². The Balaban J connectivity index is 1.39. The molecule has 0 radical (unpaired) electrons. The summed E-state index contributed by atoms with van der Waals surface area (Å²) in [7, 11) is 0. The highest BCUT2D eigenvalue weighted by atomic mass is 79.9. The predicted octanol–water partition coefficient (Wildman–Crippen LogP) is 4.47. The number of fused-ring (bicyclic) bond motifs is 1. The average Bonchev–Trinajstić information content (AvgIpc) is 2.78. The van der Waals surface area contributed by atoms with Crippen molar-refractivity contribution < 1.29 is 9.59 Å². The molecular formula is C24H20BrN5O2. The lowest BCUT2D eigenvalue weighted by molar-refractivity contribution is 0.0949. The van der Waals surface area contributed by atoms with Crippen molar-refractivity contribution in [1.82, 2.24) is 15.3 Å². The first-order valence-electron chi connectivity index (χ1n) is 9.85. The van der Waals surface area contributed by atoms with Gasteiger partial charge in [0.05, 0.1) is 11.1 Å². The van der Waals surface area contributed by atoms with Crippen LogP contribution in [0.15, 0.2) is 71.5 Å². The van der Waals surface area contributed by atoms with Gasteiger partial charge in [0.1, 0.15) is 0 Å². The lowest BCUT2D eigenvalue weighted by atomic mass is 10.1. The van der Waals surface area contributed by atoms with Gasteiger partial charge in [-0.15, -0.1) is 0 Å². The molecule has 2 heterocycles. The van der Waals surface area contributed by atoms with Gasteiger partial charge in [0.15, 0.2) is 0 Å². The van der Waals surface area contributed by atoms with Crippen LogP contribution in [0.4, 0.5) is 11.4 Å². The maximum absolute atomic E-state index is 12.7. The number of pyridine rings is 2. The lowest BCUT2D eigenvalue weighted by Gasteiger charge is -2.09. The number of hydrogen-bond donors (Lipinski definition) is 3. The van der Waals surface area contributed by atoms with Crippen molar-refractivity contribution in [1.29, 1.82) is 0 Å².